The number of halogens is 6. The number of hydrogen-bond acceptors (Lipinski definition) is 1. The molecule has 0 fully saturated rings. The van der Waals surface area contributed by atoms with E-state index in [1.165, 1.54) is 30.3 Å². The number of nitrogens with zero attached hydrogens (tertiary/aromatic N) is 1. The van der Waals surface area contributed by atoms with E-state index in [0.717, 1.165) is 18.2 Å². The van der Waals surface area contributed by atoms with Crippen molar-refractivity contribution in [2.45, 2.75) is 19.0 Å². The largest absolute Gasteiger partial charge is 0.485 e. The van der Waals surface area contributed by atoms with Crippen LogP contribution in [0.4, 0.5) is 32.0 Å². The molecule has 0 amide bonds. The molecule has 0 saturated heterocycles. The molecule has 1 nitrogen and oxygen atoms in total. The zero-order valence-electron chi connectivity index (χ0n) is 11.1. The molecule has 0 aliphatic heterocycles. The van der Waals surface area contributed by atoms with Crippen molar-refractivity contribution < 1.29 is 26.3 Å². The van der Waals surface area contributed by atoms with Gasteiger partial charge >= 0.3 is 12.5 Å². The monoisotopic (exact) mass is 319 g/mol. The molecule has 0 aliphatic carbocycles. The Balaban J connectivity index is 2.33. The molecule has 0 aliphatic rings. The van der Waals surface area contributed by atoms with Gasteiger partial charge in [0, 0.05) is 5.69 Å². The minimum absolute atomic E-state index is 0.0731. The van der Waals surface area contributed by atoms with Crippen LogP contribution in [0.1, 0.15) is 11.1 Å². The van der Waals surface area contributed by atoms with Gasteiger partial charge in [-0.2, -0.15) is 26.3 Å². The Morgan fingerprint density at radius 3 is 1.95 bits per heavy atom. The van der Waals surface area contributed by atoms with Crippen LogP contribution in [0.15, 0.2) is 54.6 Å². The van der Waals surface area contributed by atoms with Crippen molar-refractivity contribution in [2.24, 2.45) is 0 Å². The summed E-state index contributed by atoms with van der Waals surface area (Å²) >= 11 is 0. The molecule has 0 N–H and O–H groups in total. The van der Waals surface area contributed by atoms with Gasteiger partial charge in [0.15, 0.2) is 0 Å². The molecule has 2 rings (SSSR count). The van der Waals surface area contributed by atoms with Crippen molar-refractivity contribution in [2.75, 3.05) is 4.90 Å². The highest BCUT2D eigenvalue weighted by Crippen LogP contribution is 2.33. The van der Waals surface area contributed by atoms with Gasteiger partial charge in [-0.3, -0.25) is 4.90 Å². The highest BCUT2D eigenvalue weighted by Gasteiger charge is 2.38. The highest BCUT2D eigenvalue weighted by molar-refractivity contribution is 5.47. The van der Waals surface area contributed by atoms with E-state index in [0.29, 0.717) is 0 Å². The molecule has 2 aromatic rings. The van der Waals surface area contributed by atoms with Gasteiger partial charge < -0.3 is 0 Å². The molecular weight excluding hydrogens is 308 g/mol. The predicted octanol–water partition coefficient (Wildman–Crippen LogP) is 5.23. The number of anilines is 1. The molecule has 0 atom stereocenters. The van der Waals surface area contributed by atoms with Gasteiger partial charge in [-0.15, -0.1) is 0 Å². The summed E-state index contributed by atoms with van der Waals surface area (Å²) in [6, 6.07) is 10.8. The van der Waals surface area contributed by atoms with Crippen molar-refractivity contribution in [1.29, 1.82) is 0 Å². The molecule has 118 valence electrons. The quantitative estimate of drug-likeness (QED) is 0.553. The van der Waals surface area contributed by atoms with Gasteiger partial charge in [0.1, 0.15) is 0 Å². The van der Waals surface area contributed by atoms with Crippen LogP contribution >= 0.6 is 0 Å². The molecule has 0 saturated carbocycles. The van der Waals surface area contributed by atoms with Crippen LogP contribution in [0, 0.1) is 0 Å². The molecule has 0 aromatic heterocycles. The lowest BCUT2D eigenvalue weighted by molar-refractivity contribution is -0.137. The molecule has 0 radical (unpaired) electrons. The Morgan fingerprint density at radius 2 is 1.41 bits per heavy atom. The summed E-state index contributed by atoms with van der Waals surface area (Å²) in [6.07, 6.45) is -9.29. The van der Waals surface area contributed by atoms with Crippen molar-refractivity contribution in [3.8, 4) is 0 Å². The van der Waals surface area contributed by atoms with Crippen LogP contribution in [0.5, 0.6) is 0 Å². The van der Waals surface area contributed by atoms with Gasteiger partial charge in [-0.1, -0.05) is 30.3 Å². The second kappa shape index (κ2) is 5.90. The van der Waals surface area contributed by atoms with E-state index in [-0.39, 0.29) is 16.2 Å². The first-order chi connectivity index (χ1) is 10.2. The van der Waals surface area contributed by atoms with Gasteiger partial charge in [0.05, 0.1) is 12.1 Å². The molecule has 0 bridgehead atoms. The predicted molar refractivity (Wildman–Crippen MR) is 70.1 cm³/mol. The van der Waals surface area contributed by atoms with E-state index in [9.17, 15) is 26.3 Å². The summed E-state index contributed by atoms with van der Waals surface area (Å²) in [5, 5.41) is 0. The van der Waals surface area contributed by atoms with Crippen LogP contribution < -0.4 is 4.90 Å². The lowest BCUT2D eigenvalue weighted by Gasteiger charge is -2.27. The first-order valence-electron chi connectivity index (χ1n) is 6.23. The number of benzene rings is 2. The first kappa shape index (κ1) is 16.2. The summed E-state index contributed by atoms with van der Waals surface area (Å²) in [4.78, 5) is 0.0997. The molecule has 0 spiro atoms. The zero-order valence-corrected chi connectivity index (χ0v) is 11.1. The average molecular weight is 319 g/mol. The molecular formula is C15H11F6N. The Kier molecular flexibility index (Phi) is 4.35. The number of para-hydroxylation sites is 1. The lowest BCUT2D eigenvalue weighted by Crippen LogP contribution is -2.37. The third-order valence-electron chi connectivity index (χ3n) is 2.97. The van der Waals surface area contributed by atoms with Crippen LogP contribution in [0.3, 0.4) is 0 Å². The maximum atomic E-state index is 13.1. The van der Waals surface area contributed by atoms with Crippen molar-refractivity contribution in [1.82, 2.24) is 0 Å². The third kappa shape index (κ3) is 3.93. The third-order valence-corrected chi connectivity index (χ3v) is 2.97. The average Bonchev–Trinajstić information content (AvgIpc) is 2.44. The van der Waals surface area contributed by atoms with E-state index in [4.69, 9.17) is 0 Å². The number of hydrogen-bond donors (Lipinski definition) is 0. The highest BCUT2D eigenvalue weighted by atomic mass is 19.4. The van der Waals surface area contributed by atoms with Crippen molar-refractivity contribution in [3.63, 3.8) is 0 Å². The standard InChI is InChI=1S/C15H11F6N/c16-14(17,18)12-6-4-5-11(9-12)10-22(15(19,20)21)13-7-2-1-3-8-13/h1-9H,10H2. The summed E-state index contributed by atoms with van der Waals surface area (Å²) in [6.45, 7) is -0.697. The summed E-state index contributed by atoms with van der Waals surface area (Å²) in [5.41, 5.74) is -1.18. The maximum absolute atomic E-state index is 13.1. The second-order valence-corrected chi connectivity index (χ2v) is 4.59. The van der Waals surface area contributed by atoms with Gasteiger partial charge in [-0.05, 0) is 29.8 Å². The fourth-order valence-corrected chi connectivity index (χ4v) is 1.96. The number of alkyl halides is 6. The molecule has 22 heavy (non-hydrogen) atoms. The van der Waals surface area contributed by atoms with Crippen LogP contribution in [0.2, 0.25) is 0 Å². The SMILES string of the molecule is FC(F)(F)c1cccc(CN(c2ccccc2)C(F)(F)F)c1. The van der Waals surface area contributed by atoms with Gasteiger partial charge in [0.2, 0.25) is 0 Å². The van der Waals surface area contributed by atoms with Crippen LogP contribution in [-0.4, -0.2) is 6.30 Å². The fraction of sp³-hybridized carbons (Fsp3) is 0.200. The van der Waals surface area contributed by atoms with Crippen molar-refractivity contribution in [3.05, 3.63) is 65.7 Å². The molecule has 7 heteroatoms. The lowest BCUT2D eigenvalue weighted by atomic mass is 10.1. The zero-order chi connectivity index (χ0) is 16.4. The molecule has 0 heterocycles. The molecule has 0 unspecified atom stereocenters. The molecule has 2 aromatic carbocycles. The minimum Gasteiger partial charge on any atom is -0.280 e. The van der Waals surface area contributed by atoms with Crippen LogP contribution in [-0.2, 0) is 12.7 Å². The first-order valence-corrected chi connectivity index (χ1v) is 6.23. The summed E-state index contributed by atoms with van der Waals surface area (Å²) in [5.74, 6) is 0. The van der Waals surface area contributed by atoms with Gasteiger partial charge in [-0.25, -0.2) is 0 Å². The van der Waals surface area contributed by atoms with E-state index in [1.807, 2.05) is 0 Å². The Hall–Kier alpha value is -2.18. The summed E-state index contributed by atoms with van der Waals surface area (Å²) < 4.78 is 77.3. The Labute approximate surface area is 122 Å². The second-order valence-electron chi connectivity index (χ2n) is 4.59. The van der Waals surface area contributed by atoms with E-state index in [1.54, 1.807) is 6.07 Å². The van der Waals surface area contributed by atoms with E-state index in [2.05, 4.69) is 0 Å². The normalized spacial score (nSPS) is 12.3. The fourth-order valence-electron chi connectivity index (χ4n) is 1.96. The minimum atomic E-state index is -4.70. The maximum Gasteiger partial charge on any atom is 0.485 e. The smallest absolute Gasteiger partial charge is 0.280 e. The van der Waals surface area contributed by atoms with Crippen molar-refractivity contribution >= 4 is 5.69 Å². The topological polar surface area (TPSA) is 3.24 Å². The Morgan fingerprint density at radius 1 is 0.773 bits per heavy atom. The Bertz CT molecular complexity index is 618. The summed E-state index contributed by atoms with van der Waals surface area (Å²) in [7, 11) is 0. The van der Waals surface area contributed by atoms with Gasteiger partial charge in [0.25, 0.3) is 0 Å². The van der Waals surface area contributed by atoms with E-state index < -0.39 is 24.6 Å². The van der Waals surface area contributed by atoms with Crippen LogP contribution in [0.25, 0.3) is 0 Å². The van der Waals surface area contributed by atoms with E-state index >= 15 is 0 Å². The number of rotatable bonds is 3.